The van der Waals surface area contributed by atoms with E-state index in [0.29, 0.717) is 0 Å². The minimum atomic E-state index is 0.791. The molecule has 0 amide bonds. The number of thiophene rings is 1. The molecule has 28 heavy (non-hydrogen) atoms. The highest BCUT2D eigenvalue weighted by Crippen LogP contribution is 2.23. The number of hydrogen-bond acceptors (Lipinski definition) is 5. The van der Waals surface area contributed by atoms with Gasteiger partial charge in [-0.05, 0) is 47.0 Å². The van der Waals surface area contributed by atoms with E-state index in [1.807, 2.05) is 6.07 Å². The molecule has 2 aromatic carbocycles. The first-order chi connectivity index (χ1) is 13.8. The average molecular weight is 397 g/mol. The summed E-state index contributed by atoms with van der Waals surface area (Å²) in [5.74, 6) is 0.923. The van der Waals surface area contributed by atoms with Gasteiger partial charge in [-0.1, -0.05) is 18.2 Å². The molecule has 4 nitrogen and oxygen atoms in total. The summed E-state index contributed by atoms with van der Waals surface area (Å²) in [6.07, 6.45) is 0.982. The molecular formula is C23H28N2O2S. The van der Waals surface area contributed by atoms with E-state index in [2.05, 4.69) is 57.6 Å². The SMILES string of the molecule is COc1cccc(N2CCN(CCOCCc3ccc4sccc4c3)CC2)c1. The molecule has 0 N–H and O–H groups in total. The Hall–Kier alpha value is -2.08. The minimum absolute atomic E-state index is 0.791. The van der Waals surface area contributed by atoms with Gasteiger partial charge in [0.05, 0.1) is 20.3 Å². The van der Waals surface area contributed by atoms with Crippen molar-refractivity contribution in [3.8, 4) is 5.75 Å². The maximum absolute atomic E-state index is 5.91. The van der Waals surface area contributed by atoms with Crippen LogP contribution in [0.2, 0.25) is 0 Å². The van der Waals surface area contributed by atoms with Gasteiger partial charge in [0.15, 0.2) is 0 Å². The van der Waals surface area contributed by atoms with Crippen molar-refractivity contribution >= 4 is 27.1 Å². The van der Waals surface area contributed by atoms with Crippen LogP contribution in [0.4, 0.5) is 5.69 Å². The van der Waals surface area contributed by atoms with Crippen LogP contribution in [0.1, 0.15) is 5.56 Å². The van der Waals surface area contributed by atoms with Crippen LogP contribution in [0.15, 0.2) is 53.9 Å². The van der Waals surface area contributed by atoms with E-state index in [9.17, 15) is 0 Å². The third-order valence-electron chi connectivity index (χ3n) is 5.39. The number of ether oxygens (including phenoxy) is 2. The highest BCUT2D eigenvalue weighted by Gasteiger charge is 2.17. The molecule has 0 spiro atoms. The number of methoxy groups -OCH3 is 1. The van der Waals surface area contributed by atoms with Gasteiger partial charge in [0.1, 0.15) is 5.75 Å². The van der Waals surface area contributed by atoms with Crippen molar-refractivity contribution in [3.05, 3.63) is 59.5 Å². The van der Waals surface area contributed by atoms with Crippen molar-refractivity contribution in [1.82, 2.24) is 4.90 Å². The zero-order valence-electron chi connectivity index (χ0n) is 16.5. The molecule has 148 valence electrons. The number of fused-ring (bicyclic) bond motifs is 1. The van der Waals surface area contributed by atoms with Gasteiger partial charge < -0.3 is 14.4 Å². The summed E-state index contributed by atoms with van der Waals surface area (Å²) in [4.78, 5) is 4.93. The molecule has 0 unspecified atom stereocenters. The molecule has 3 aromatic rings. The van der Waals surface area contributed by atoms with Crippen molar-refractivity contribution in [2.75, 3.05) is 57.9 Å². The van der Waals surface area contributed by atoms with E-state index in [0.717, 1.165) is 58.1 Å². The number of benzene rings is 2. The lowest BCUT2D eigenvalue weighted by Gasteiger charge is -2.36. The smallest absolute Gasteiger partial charge is 0.120 e. The largest absolute Gasteiger partial charge is 0.497 e. The number of nitrogens with zero attached hydrogens (tertiary/aromatic N) is 2. The molecule has 0 aliphatic carbocycles. The Morgan fingerprint density at radius 2 is 1.86 bits per heavy atom. The molecule has 0 bridgehead atoms. The van der Waals surface area contributed by atoms with E-state index in [1.165, 1.54) is 21.3 Å². The molecule has 1 aliphatic rings. The van der Waals surface area contributed by atoms with Crippen LogP contribution in [0, 0.1) is 0 Å². The average Bonchev–Trinajstić information content (AvgIpc) is 3.22. The second-order valence-corrected chi connectivity index (χ2v) is 8.13. The van der Waals surface area contributed by atoms with Crippen molar-refractivity contribution in [1.29, 1.82) is 0 Å². The van der Waals surface area contributed by atoms with E-state index < -0.39 is 0 Å². The fourth-order valence-corrected chi connectivity index (χ4v) is 4.47. The third-order valence-corrected chi connectivity index (χ3v) is 6.29. The molecule has 0 radical (unpaired) electrons. The van der Waals surface area contributed by atoms with Gasteiger partial charge >= 0.3 is 0 Å². The van der Waals surface area contributed by atoms with Crippen LogP contribution in [-0.2, 0) is 11.2 Å². The van der Waals surface area contributed by atoms with Gasteiger partial charge in [0, 0.05) is 49.2 Å². The molecule has 0 atom stereocenters. The molecular weight excluding hydrogens is 368 g/mol. The maximum atomic E-state index is 5.91. The summed E-state index contributed by atoms with van der Waals surface area (Å²) < 4.78 is 12.6. The van der Waals surface area contributed by atoms with Crippen LogP contribution < -0.4 is 9.64 Å². The predicted molar refractivity (Wildman–Crippen MR) is 118 cm³/mol. The van der Waals surface area contributed by atoms with Crippen molar-refractivity contribution in [2.24, 2.45) is 0 Å². The van der Waals surface area contributed by atoms with Gasteiger partial charge in [0.2, 0.25) is 0 Å². The standard InChI is InChI=1S/C23H28N2O2S/c1-26-22-4-2-3-21(18-22)25-11-9-24(10-12-25)13-15-27-14-7-19-5-6-23-20(17-19)8-16-28-23/h2-6,8,16-18H,7,9-15H2,1H3. The fourth-order valence-electron chi connectivity index (χ4n) is 3.69. The normalized spacial score (nSPS) is 15.2. The number of hydrogen-bond donors (Lipinski definition) is 0. The van der Waals surface area contributed by atoms with Crippen molar-refractivity contribution in [2.45, 2.75) is 6.42 Å². The Balaban J connectivity index is 1.14. The second kappa shape index (κ2) is 9.41. The molecule has 2 heterocycles. The minimum Gasteiger partial charge on any atom is -0.497 e. The molecule has 5 heteroatoms. The second-order valence-electron chi connectivity index (χ2n) is 7.19. The summed E-state index contributed by atoms with van der Waals surface area (Å²) in [5.41, 5.74) is 2.61. The van der Waals surface area contributed by atoms with Crippen LogP contribution in [0.3, 0.4) is 0 Å². The fraction of sp³-hybridized carbons (Fsp3) is 0.391. The maximum Gasteiger partial charge on any atom is 0.120 e. The molecule has 4 rings (SSSR count). The Bertz CT molecular complexity index is 887. The van der Waals surface area contributed by atoms with Gasteiger partial charge in [-0.2, -0.15) is 0 Å². The quantitative estimate of drug-likeness (QED) is 0.530. The monoisotopic (exact) mass is 396 g/mol. The topological polar surface area (TPSA) is 24.9 Å². The van der Waals surface area contributed by atoms with E-state index in [-0.39, 0.29) is 0 Å². The van der Waals surface area contributed by atoms with Crippen LogP contribution in [0.25, 0.3) is 10.1 Å². The van der Waals surface area contributed by atoms with Gasteiger partial charge in [0.25, 0.3) is 0 Å². The molecule has 1 aliphatic heterocycles. The Kier molecular flexibility index (Phi) is 6.47. The van der Waals surface area contributed by atoms with Crippen LogP contribution in [-0.4, -0.2) is 57.9 Å². The number of piperazine rings is 1. The predicted octanol–water partition coefficient (Wildman–Crippen LogP) is 4.29. The first-order valence-corrected chi connectivity index (χ1v) is 10.8. The van der Waals surface area contributed by atoms with Crippen LogP contribution >= 0.6 is 11.3 Å². The van der Waals surface area contributed by atoms with E-state index in [4.69, 9.17) is 9.47 Å². The van der Waals surface area contributed by atoms with Crippen LogP contribution in [0.5, 0.6) is 5.75 Å². The van der Waals surface area contributed by atoms with Gasteiger partial charge in [-0.15, -0.1) is 11.3 Å². The molecule has 1 aromatic heterocycles. The Morgan fingerprint density at radius 1 is 0.964 bits per heavy atom. The van der Waals surface area contributed by atoms with Crippen molar-refractivity contribution < 1.29 is 9.47 Å². The summed E-state index contributed by atoms with van der Waals surface area (Å²) >= 11 is 1.80. The van der Waals surface area contributed by atoms with Gasteiger partial charge in [-0.25, -0.2) is 0 Å². The Morgan fingerprint density at radius 3 is 2.71 bits per heavy atom. The summed E-state index contributed by atoms with van der Waals surface area (Å²) in [6.45, 7) is 6.86. The Labute approximate surface area is 171 Å². The molecule has 1 fully saturated rings. The number of rotatable bonds is 8. The van der Waals surface area contributed by atoms with Gasteiger partial charge in [-0.3, -0.25) is 4.90 Å². The lowest BCUT2D eigenvalue weighted by Crippen LogP contribution is -2.47. The zero-order valence-corrected chi connectivity index (χ0v) is 17.3. The highest BCUT2D eigenvalue weighted by molar-refractivity contribution is 7.17. The molecule has 1 saturated heterocycles. The first-order valence-electron chi connectivity index (χ1n) is 9.97. The van der Waals surface area contributed by atoms with E-state index >= 15 is 0 Å². The summed E-state index contributed by atoms with van der Waals surface area (Å²) in [7, 11) is 1.72. The van der Waals surface area contributed by atoms with Crippen molar-refractivity contribution in [3.63, 3.8) is 0 Å². The molecule has 0 saturated carbocycles. The zero-order chi connectivity index (χ0) is 19.2. The first kappa shape index (κ1) is 19.2. The number of anilines is 1. The highest BCUT2D eigenvalue weighted by atomic mass is 32.1. The lowest BCUT2D eigenvalue weighted by molar-refractivity contribution is 0.104. The van der Waals surface area contributed by atoms with E-state index in [1.54, 1.807) is 18.4 Å². The summed E-state index contributed by atoms with van der Waals surface area (Å²) in [6, 6.07) is 17.3. The lowest BCUT2D eigenvalue weighted by atomic mass is 10.1. The summed E-state index contributed by atoms with van der Waals surface area (Å²) in [5, 5.41) is 3.50. The third kappa shape index (κ3) is 4.85.